The number of imide groups is 1. The third kappa shape index (κ3) is 5.43. The van der Waals surface area contributed by atoms with Crippen LogP contribution in [-0.4, -0.2) is 39.1 Å². The molecule has 0 bridgehead atoms. The first kappa shape index (κ1) is 22.4. The highest BCUT2D eigenvalue weighted by Gasteiger charge is 2.21. The zero-order chi connectivity index (χ0) is 22.5. The minimum absolute atomic E-state index is 0.418. The smallest absolute Gasteiger partial charge is 0.325 e. The molecule has 0 aliphatic heterocycles. The number of urea groups is 1. The van der Waals surface area contributed by atoms with Crippen molar-refractivity contribution in [3.05, 3.63) is 53.6 Å². The largest absolute Gasteiger partial charge is 0.497 e. The average Bonchev–Trinajstić information content (AvgIpc) is 3.10. The molecule has 0 spiro atoms. The van der Waals surface area contributed by atoms with Gasteiger partial charge in [-0.2, -0.15) is 0 Å². The molecule has 1 heterocycles. The van der Waals surface area contributed by atoms with Gasteiger partial charge >= 0.3 is 6.03 Å². The molecule has 8 nitrogen and oxygen atoms in total. The molecule has 3 amide bonds. The van der Waals surface area contributed by atoms with Crippen LogP contribution in [0, 0.1) is 13.8 Å². The van der Waals surface area contributed by atoms with Crippen molar-refractivity contribution in [3.8, 4) is 17.1 Å². The first-order valence-electron chi connectivity index (χ1n) is 9.68. The highest BCUT2D eigenvalue weighted by molar-refractivity contribution is 8.00. The van der Waals surface area contributed by atoms with Gasteiger partial charge < -0.3 is 14.6 Å². The van der Waals surface area contributed by atoms with E-state index in [1.165, 1.54) is 11.8 Å². The summed E-state index contributed by atoms with van der Waals surface area (Å²) >= 11 is 1.22. The number of nitrogens with one attached hydrogen (secondary N) is 2. The molecule has 0 aliphatic carbocycles. The number of aryl methyl sites for hydroxylation is 2. The predicted molar refractivity (Wildman–Crippen MR) is 121 cm³/mol. The van der Waals surface area contributed by atoms with Crippen molar-refractivity contribution in [2.45, 2.75) is 31.2 Å². The summed E-state index contributed by atoms with van der Waals surface area (Å²) < 4.78 is 7.06. The zero-order valence-electron chi connectivity index (χ0n) is 18.1. The number of amides is 3. The van der Waals surface area contributed by atoms with Crippen LogP contribution < -0.4 is 15.4 Å². The summed E-state index contributed by atoms with van der Waals surface area (Å²) in [5, 5.41) is 13.5. The van der Waals surface area contributed by atoms with E-state index in [-0.39, 0.29) is 0 Å². The average molecular weight is 440 g/mol. The van der Waals surface area contributed by atoms with Crippen molar-refractivity contribution in [3.63, 3.8) is 0 Å². The van der Waals surface area contributed by atoms with Crippen LogP contribution in [0.2, 0.25) is 0 Å². The zero-order valence-corrected chi connectivity index (χ0v) is 18.9. The Bertz CT molecular complexity index is 1110. The number of benzene rings is 2. The van der Waals surface area contributed by atoms with E-state index in [4.69, 9.17) is 4.74 Å². The van der Waals surface area contributed by atoms with E-state index in [1.807, 2.05) is 63.4 Å². The van der Waals surface area contributed by atoms with E-state index >= 15 is 0 Å². The number of hydrogen-bond donors (Lipinski definition) is 2. The van der Waals surface area contributed by atoms with Gasteiger partial charge in [0.15, 0.2) is 11.0 Å². The molecular formula is C22H25N5O3S. The van der Waals surface area contributed by atoms with Crippen molar-refractivity contribution >= 4 is 29.4 Å². The molecule has 2 aromatic carbocycles. The van der Waals surface area contributed by atoms with Crippen molar-refractivity contribution in [2.24, 2.45) is 7.05 Å². The van der Waals surface area contributed by atoms with Gasteiger partial charge in [0.1, 0.15) is 5.75 Å². The Balaban J connectivity index is 1.63. The third-order valence-corrected chi connectivity index (χ3v) is 5.82. The number of aromatic nitrogens is 3. The molecule has 1 unspecified atom stereocenters. The Morgan fingerprint density at radius 2 is 1.90 bits per heavy atom. The second kappa shape index (κ2) is 9.65. The second-order valence-corrected chi connectivity index (χ2v) is 8.43. The lowest BCUT2D eigenvalue weighted by atomic mass is 10.1. The molecule has 31 heavy (non-hydrogen) atoms. The molecule has 9 heteroatoms. The fourth-order valence-electron chi connectivity index (χ4n) is 2.96. The number of ether oxygens (including phenoxy) is 1. The molecule has 3 aromatic rings. The van der Waals surface area contributed by atoms with Crippen LogP contribution in [0.3, 0.4) is 0 Å². The third-order valence-electron chi connectivity index (χ3n) is 4.68. The topological polar surface area (TPSA) is 98.1 Å². The minimum Gasteiger partial charge on any atom is -0.497 e. The highest BCUT2D eigenvalue weighted by Crippen LogP contribution is 2.27. The van der Waals surface area contributed by atoms with Crippen LogP contribution in [-0.2, 0) is 11.8 Å². The van der Waals surface area contributed by atoms with Crippen LogP contribution in [0.1, 0.15) is 18.1 Å². The van der Waals surface area contributed by atoms with E-state index in [1.54, 1.807) is 18.6 Å². The molecule has 0 saturated carbocycles. The van der Waals surface area contributed by atoms with Crippen LogP contribution in [0.4, 0.5) is 10.5 Å². The lowest BCUT2D eigenvalue weighted by Crippen LogP contribution is -2.39. The number of methoxy groups -OCH3 is 1. The maximum absolute atomic E-state index is 12.5. The van der Waals surface area contributed by atoms with Gasteiger partial charge in [-0.25, -0.2) is 4.79 Å². The SMILES string of the molecule is COc1cccc(-c2nnc(SC(C)C(=O)NC(=O)Nc3ccc(C)cc3C)n2C)c1. The van der Waals surface area contributed by atoms with Gasteiger partial charge in [-0.15, -0.1) is 10.2 Å². The Hall–Kier alpha value is -3.33. The molecular weight excluding hydrogens is 414 g/mol. The first-order valence-corrected chi connectivity index (χ1v) is 10.6. The number of nitrogens with zero attached hydrogens (tertiary/aromatic N) is 3. The van der Waals surface area contributed by atoms with Crippen LogP contribution in [0.25, 0.3) is 11.4 Å². The van der Waals surface area contributed by atoms with E-state index in [0.717, 1.165) is 22.4 Å². The number of rotatable bonds is 6. The highest BCUT2D eigenvalue weighted by atomic mass is 32.2. The molecule has 162 valence electrons. The summed E-state index contributed by atoms with van der Waals surface area (Å²) in [6.45, 7) is 5.59. The lowest BCUT2D eigenvalue weighted by molar-refractivity contribution is -0.119. The van der Waals surface area contributed by atoms with E-state index in [2.05, 4.69) is 20.8 Å². The maximum Gasteiger partial charge on any atom is 0.325 e. The molecule has 0 radical (unpaired) electrons. The Kier molecular flexibility index (Phi) is 6.96. The minimum atomic E-state index is -0.570. The predicted octanol–water partition coefficient (Wildman–Crippen LogP) is 3.94. The van der Waals surface area contributed by atoms with Crippen LogP contribution in [0.5, 0.6) is 5.75 Å². The molecule has 1 aromatic heterocycles. The number of thioether (sulfide) groups is 1. The first-order chi connectivity index (χ1) is 14.8. The molecule has 0 saturated heterocycles. The quantitative estimate of drug-likeness (QED) is 0.565. The summed E-state index contributed by atoms with van der Waals surface area (Å²) in [5.41, 5.74) is 3.54. The van der Waals surface area contributed by atoms with Crippen molar-refractivity contribution in [2.75, 3.05) is 12.4 Å². The number of anilines is 1. The summed E-state index contributed by atoms with van der Waals surface area (Å²) in [7, 11) is 3.43. The fraction of sp³-hybridized carbons (Fsp3) is 0.273. The van der Waals surface area contributed by atoms with Gasteiger partial charge in [0, 0.05) is 18.3 Å². The Labute approximate surface area is 185 Å². The monoisotopic (exact) mass is 439 g/mol. The molecule has 1 atom stereocenters. The van der Waals surface area contributed by atoms with Gasteiger partial charge in [-0.1, -0.05) is 41.6 Å². The van der Waals surface area contributed by atoms with Crippen molar-refractivity contribution < 1.29 is 14.3 Å². The fourth-order valence-corrected chi connectivity index (χ4v) is 3.78. The van der Waals surface area contributed by atoms with Gasteiger partial charge in [-0.05, 0) is 44.5 Å². The van der Waals surface area contributed by atoms with Gasteiger partial charge in [0.25, 0.3) is 0 Å². The van der Waals surface area contributed by atoms with E-state index in [9.17, 15) is 9.59 Å². The normalized spacial score (nSPS) is 11.6. The van der Waals surface area contributed by atoms with Crippen molar-refractivity contribution in [1.82, 2.24) is 20.1 Å². The van der Waals surface area contributed by atoms with Crippen LogP contribution >= 0.6 is 11.8 Å². The maximum atomic E-state index is 12.5. The van der Waals surface area contributed by atoms with E-state index < -0.39 is 17.2 Å². The summed E-state index contributed by atoms with van der Waals surface area (Å²) in [6.07, 6.45) is 0. The molecule has 3 rings (SSSR count). The summed E-state index contributed by atoms with van der Waals surface area (Å²) in [6, 6.07) is 12.6. The summed E-state index contributed by atoms with van der Waals surface area (Å²) in [4.78, 5) is 24.7. The lowest BCUT2D eigenvalue weighted by Gasteiger charge is -2.13. The van der Waals surface area contributed by atoms with Gasteiger partial charge in [0.05, 0.1) is 12.4 Å². The Morgan fingerprint density at radius 1 is 1.13 bits per heavy atom. The van der Waals surface area contributed by atoms with Gasteiger partial charge in [0.2, 0.25) is 5.91 Å². The number of hydrogen-bond acceptors (Lipinski definition) is 6. The summed E-state index contributed by atoms with van der Waals surface area (Å²) in [5.74, 6) is 0.956. The number of carbonyl (C=O) groups is 2. The molecule has 0 aliphatic rings. The van der Waals surface area contributed by atoms with Gasteiger partial charge in [-0.3, -0.25) is 10.1 Å². The molecule has 0 fully saturated rings. The van der Waals surface area contributed by atoms with Crippen molar-refractivity contribution in [1.29, 1.82) is 0 Å². The molecule has 2 N–H and O–H groups in total. The standard InChI is InChI=1S/C22H25N5O3S/c1-13-9-10-18(14(2)11-13)23-21(29)24-20(28)15(3)31-22-26-25-19(27(22)4)16-7-6-8-17(12-16)30-5/h6-12,15H,1-5H3,(H2,23,24,28,29). The number of carbonyl (C=O) groups excluding carboxylic acids is 2. The Morgan fingerprint density at radius 3 is 2.61 bits per heavy atom. The van der Waals surface area contributed by atoms with Crippen LogP contribution in [0.15, 0.2) is 47.6 Å². The van der Waals surface area contributed by atoms with E-state index in [0.29, 0.717) is 16.7 Å². The second-order valence-electron chi connectivity index (χ2n) is 7.12.